The summed E-state index contributed by atoms with van der Waals surface area (Å²) in [6.45, 7) is 0. The molecule has 0 atom stereocenters. The molecule has 1 N–H and O–H groups in total. The van der Waals surface area contributed by atoms with Gasteiger partial charge in [-0.25, -0.2) is 9.18 Å². The number of rotatable bonds is 1. The van der Waals surface area contributed by atoms with Gasteiger partial charge in [0.25, 0.3) is 0 Å². The van der Waals surface area contributed by atoms with Crippen molar-refractivity contribution in [1.29, 1.82) is 0 Å². The Morgan fingerprint density at radius 3 is 2.63 bits per heavy atom. The lowest BCUT2D eigenvalue weighted by molar-refractivity contribution is 0.0696. The fraction of sp³-hybridized carbons (Fsp3) is 0.133. The lowest BCUT2D eigenvalue weighted by Crippen LogP contribution is -1.98. The Morgan fingerprint density at radius 1 is 1.05 bits per heavy atom. The number of aryl methyl sites for hydroxylation is 2. The lowest BCUT2D eigenvalue weighted by atomic mass is 10.0. The number of carbonyl (C=O) groups is 1. The van der Waals surface area contributed by atoms with Crippen LogP contribution >= 0.6 is 11.8 Å². The van der Waals surface area contributed by atoms with Gasteiger partial charge in [-0.05, 0) is 54.3 Å². The second-order valence-electron chi connectivity index (χ2n) is 4.48. The summed E-state index contributed by atoms with van der Waals surface area (Å²) in [5.74, 6) is -1.15. The average molecular weight is 274 g/mol. The van der Waals surface area contributed by atoms with Crippen molar-refractivity contribution in [1.82, 2.24) is 0 Å². The van der Waals surface area contributed by atoms with Crippen LogP contribution < -0.4 is 0 Å². The molecule has 0 spiro atoms. The largest absolute Gasteiger partial charge is 0.478 e. The monoisotopic (exact) mass is 274 g/mol. The molecule has 2 aromatic carbocycles. The van der Waals surface area contributed by atoms with Gasteiger partial charge >= 0.3 is 5.97 Å². The summed E-state index contributed by atoms with van der Waals surface area (Å²) in [7, 11) is 0. The van der Waals surface area contributed by atoms with Crippen LogP contribution in [0.15, 0.2) is 46.2 Å². The SMILES string of the molecule is O=C(O)c1ccc2c(c1)Sc1ccc(F)cc1CC2. The molecule has 19 heavy (non-hydrogen) atoms. The normalized spacial score (nSPS) is 13.3. The number of aromatic carboxylic acids is 1. The van der Waals surface area contributed by atoms with E-state index in [9.17, 15) is 9.18 Å². The van der Waals surface area contributed by atoms with E-state index in [4.69, 9.17) is 5.11 Å². The smallest absolute Gasteiger partial charge is 0.335 e. The number of hydrogen-bond donors (Lipinski definition) is 1. The number of halogens is 1. The summed E-state index contributed by atoms with van der Waals surface area (Å²) >= 11 is 1.51. The Labute approximate surface area is 114 Å². The summed E-state index contributed by atoms with van der Waals surface area (Å²) in [5.41, 5.74) is 2.39. The first-order chi connectivity index (χ1) is 9.13. The molecule has 0 bridgehead atoms. The van der Waals surface area contributed by atoms with E-state index >= 15 is 0 Å². The molecule has 1 aliphatic heterocycles. The first-order valence-electron chi connectivity index (χ1n) is 5.96. The third-order valence-corrected chi connectivity index (χ3v) is 4.44. The highest BCUT2D eigenvalue weighted by Gasteiger charge is 2.16. The molecule has 0 aromatic heterocycles. The third-order valence-electron chi connectivity index (χ3n) is 3.22. The van der Waals surface area contributed by atoms with Crippen LogP contribution in [0.5, 0.6) is 0 Å². The van der Waals surface area contributed by atoms with E-state index in [0.717, 1.165) is 33.8 Å². The van der Waals surface area contributed by atoms with Crippen molar-refractivity contribution >= 4 is 17.7 Å². The van der Waals surface area contributed by atoms with Crippen molar-refractivity contribution in [2.45, 2.75) is 22.6 Å². The quantitative estimate of drug-likeness (QED) is 0.860. The molecule has 0 aliphatic carbocycles. The van der Waals surface area contributed by atoms with Gasteiger partial charge in [0.1, 0.15) is 5.82 Å². The minimum atomic E-state index is -0.924. The van der Waals surface area contributed by atoms with Crippen LogP contribution in [-0.4, -0.2) is 11.1 Å². The molecule has 1 aliphatic rings. The van der Waals surface area contributed by atoms with Gasteiger partial charge in [0.05, 0.1) is 5.56 Å². The van der Waals surface area contributed by atoms with Crippen molar-refractivity contribution in [2.24, 2.45) is 0 Å². The van der Waals surface area contributed by atoms with Crippen LogP contribution in [0.3, 0.4) is 0 Å². The molecule has 0 saturated carbocycles. The van der Waals surface area contributed by atoms with Gasteiger partial charge in [-0.3, -0.25) is 0 Å². The second-order valence-corrected chi connectivity index (χ2v) is 5.57. The van der Waals surface area contributed by atoms with Gasteiger partial charge in [0.15, 0.2) is 0 Å². The van der Waals surface area contributed by atoms with Gasteiger partial charge in [-0.15, -0.1) is 0 Å². The van der Waals surface area contributed by atoms with Crippen LogP contribution in [0.25, 0.3) is 0 Å². The molecule has 2 nitrogen and oxygen atoms in total. The van der Waals surface area contributed by atoms with Crippen molar-refractivity contribution < 1.29 is 14.3 Å². The molecule has 96 valence electrons. The summed E-state index contributed by atoms with van der Waals surface area (Å²) in [5, 5.41) is 9.03. The van der Waals surface area contributed by atoms with Gasteiger partial charge < -0.3 is 5.11 Å². The number of carboxylic acid groups (broad SMARTS) is 1. The Kier molecular flexibility index (Phi) is 3.03. The third kappa shape index (κ3) is 2.36. The molecular weight excluding hydrogens is 263 g/mol. The van der Waals surface area contributed by atoms with E-state index in [1.165, 1.54) is 17.8 Å². The number of fused-ring (bicyclic) bond motifs is 2. The number of carboxylic acids is 1. The zero-order valence-electron chi connectivity index (χ0n) is 10.0. The Bertz CT molecular complexity index is 667. The predicted octanol–water partition coefficient (Wildman–Crippen LogP) is 3.77. The predicted molar refractivity (Wildman–Crippen MR) is 71.3 cm³/mol. The molecule has 0 amide bonds. The fourth-order valence-electron chi connectivity index (χ4n) is 2.22. The van der Waals surface area contributed by atoms with E-state index in [0.29, 0.717) is 0 Å². The van der Waals surface area contributed by atoms with Crippen LogP contribution in [-0.2, 0) is 12.8 Å². The summed E-state index contributed by atoms with van der Waals surface area (Å²) in [6, 6.07) is 9.94. The van der Waals surface area contributed by atoms with Crippen molar-refractivity contribution in [3.05, 3.63) is 58.9 Å². The fourth-order valence-corrected chi connectivity index (χ4v) is 3.37. The molecule has 0 unspecified atom stereocenters. The Hall–Kier alpha value is -1.81. The number of hydrogen-bond acceptors (Lipinski definition) is 2. The lowest BCUT2D eigenvalue weighted by Gasteiger charge is -2.06. The first kappa shape index (κ1) is 12.2. The molecule has 0 radical (unpaired) electrons. The number of benzene rings is 2. The molecule has 4 heteroatoms. The Balaban J connectivity index is 2.06. The van der Waals surface area contributed by atoms with Gasteiger partial charge in [-0.1, -0.05) is 17.8 Å². The van der Waals surface area contributed by atoms with Crippen LogP contribution in [0.1, 0.15) is 21.5 Å². The van der Waals surface area contributed by atoms with Crippen LogP contribution in [0.2, 0.25) is 0 Å². The highest BCUT2D eigenvalue weighted by atomic mass is 32.2. The molecular formula is C15H11FO2S. The highest BCUT2D eigenvalue weighted by Crippen LogP contribution is 2.37. The molecule has 1 heterocycles. The van der Waals surface area contributed by atoms with Crippen molar-refractivity contribution in [2.75, 3.05) is 0 Å². The molecule has 3 rings (SSSR count). The summed E-state index contributed by atoms with van der Waals surface area (Å²) in [4.78, 5) is 13.0. The zero-order valence-corrected chi connectivity index (χ0v) is 10.8. The van der Waals surface area contributed by atoms with E-state index < -0.39 is 5.97 Å². The maximum Gasteiger partial charge on any atom is 0.335 e. The second kappa shape index (κ2) is 4.70. The van der Waals surface area contributed by atoms with Gasteiger partial charge in [0, 0.05) is 9.79 Å². The Morgan fingerprint density at radius 2 is 1.84 bits per heavy atom. The zero-order chi connectivity index (χ0) is 13.4. The highest BCUT2D eigenvalue weighted by molar-refractivity contribution is 7.99. The topological polar surface area (TPSA) is 37.3 Å². The van der Waals surface area contributed by atoms with E-state index in [1.54, 1.807) is 24.3 Å². The summed E-state index contributed by atoms with van der Waals surface area (Å²) < 4.78 is 13.2. The molecule has 2 aromatic rings. The van der Waals surface area contributed by atoms with E-state index in [-0.39, 0.29) is 11.4 Å². The standard InChI is InChI=1S/C15H11FO2S/c16-12-5-6-13-10(7-12)3-1-9-2-4-11(15(17)18)8-14(9)19-13/h2,4-8H,1,3H2,(H,17,18). The van der Waals surface area contributed by atoms with Crippen molar-refractivity contribution in [3.8, 4) is 0 Å². The van der Waals surface area contributed by atoms with E-state index in [1.807, 2.05) is 6.07 Å². The summed E-state index contributed by atoms with van der Waals surface area (Å²) in [6.07, 6.45) is 1.58. The average Bonchev–Trinajstić information content (AvgIpc) is 2.56. The van der Waals surface area contributed by atoms with Crippen molar-refractivity contribution in [3.63, 3.8) is 0 Å². The maximum absolute atomic E-state index is 13.2. The van der Waals surface area contributed by atoms with Gasteiger partial charge in [0.2, 0.25) is 0 Å². The van der Waals surface area contributed by atoms with Gasteiger partial charge in [-0.2, -0.15) is 0 Å². The first-order valence-corrected chi connectivity index (χ1v) is 6.77. The molecule has 0 fully saturated rings. The minimum absolute atomic E-state index is 0.225. The van der Waals surface area contributed by atoms with Crippen LogP contribution in [0.4, 0.5) is 4.39 Å². The minimum Gasteiger partial charge on any atom is -0.478 e. The van der Waals surface area contributed by atoms with Crippen LogP contribution in [0, 0.1) is 5.82 Å². The maximum atomic E-state index is 13.2. The molecule has 0 saturated heterocycles. The van der Waals surface area contributed by atoms with E-state index in [2.05, 4.69) is 0 Å².